The normalized spacial score (nSPS) is 28.8. The Hall–Kier alpha value is -0.810. The Bertz CT molecular complexity index is 405. The number of halogens is 1. The van der Waals surface area contributed by atoms with Gasteiger partial charge in [-0.3, -0.25) is 9.59 Å². The highest BCUT2D eigenvalue weighted by Crippen LogP contribution is 2.28. The van der Waals surface area contributed by atoms with Crippen molar-refractivity contribution in [3.63, 3.8) is 0 Å². The summed E-state index contributed by atoms with van der Waals surface area (Å²) < 4.78 is 0. The van der Waals surface area contributed by atoms with E-state index in [0.717, 1.165) is 51.5 Å². The number of amides is 2. The zero-order valence-corrected chi connectivity index (χ0v) is 15.2. The molecule has 0 aromatic heterocycles. The Balaban J connectivity index is 0.00000264. The molecule has 1 heterocycles. The van der Waals surface area contributed by atoms with Crippen LogP contribution in [0.15, 0.2) is 0 Å². The largest absolute Gasteiger partial charge is 0.353 e. The van der Waals surface area contributed by atoms with Crippen LogP contribution >= 0.6 is 12.4 Å². The van der Waals surface area contributed by atoms with Gasteiger partial charge >= 0.3 is 0 Å². The molecule has 4 atom stereocenters. The van der Waals surface area contributed by atoms with E-state index < -0.39 is 0 Å². The fourth-order valence-corrected chi connectivity index (χ4v) is 3.76. The zero-order chi connectivity index (χ0) is 16.1. The average Bonchev–Trinajstić information content (AvgIpc) is 2.93. The van der Waals surface area contributed by atoms with E-state index in [1.165, 1.54) is 0 Å². The lowest BCUT2D eigenvalue weighted by atomic mass is 9.95. The molecular weight excluding hydrogens is 314 g/mol. The van der Waals surface area contributed by atoms with Gasteiger partial charge in [0.05, 0.1) is 5.92 Å². The Kier molecular flexibility index (Phi) is 8.34. The minimum atomic E-state index is -0.0490. The number of likely N-dealkylation sites (tertiary alicyclic amines) is 1. The van der Waals surface area contributed by atoms with Gasteiger partial charge in [-0.2, -0.15) is 0 Å². The third-order valence-electron chi connectivity index (χ3n) is 5.04. The average molecular weight is 346 g/mol. The van der Waals surface area contributed by atoms with Crippen molar-refractivity contribution in [2.24, 2.45) is 17.6 Å². The number of nitrogens with one attached hydrogen (secondary N) is 1. The van der Waals surface area contributed by atoms with E-state index in [9.17, 15) is 9.59 Å². The molecule has 0 aromatic rings. The van der Waals surface area contributed by atoms with Gasteiger partial charge in [-0.15, -0.1) is 12.4 Å². The molecule has 2 fully saturated rings. The molecule has 3 N–H and O–H groups in total. The lowest BCUT2D eigenvalue weighted by molar-refractivity contribution is -0.139. The van der Waals surface area contributed by atoms with Crippen molar-refractivity contribution in [3.05, 3.63) is 0 Å². The SMILES string of the molecule is CCCC(C)NC(=O)C1CCCN(C(=O)C2CCC(N)C2)C1.Cl. The summed E-state index contributed by atoms with van der Waals surface area (Å²) in [6.45, 7) is 5.54. The maximum atomic E-state index is 12.6. The van der Waals surface area contributed by atoms with Crippen LogP contribution in [0.4, 0.5) is 0 Å². The van der Waals surface area contributed by atoms with Crippen molar-refractivity contribution in [2.45, 2.75) is 70.9 Å². The molecule has 4 unspecified atom stereocenters. The van der Waals surface area contributed by atoms with Gasteiger partial charge in [-0.05, 0) is 45.4 Å². The molecule has 0 radical (unpaired) electrons. The predicted octanol–water partition coefficient (Wildman–Crippen LogP) is 2.08. The number of nitrogens with zero attached hydrogens (tertiary/aromatic N) is 1. The summed E-state index contributed by atoms with van der Waals surface area (Å²) in [6, 6.07) is 0.393. The van der Waals surface area contributed by atoms with Crippen molar-refractivity contribution in [3.8, 4) is 0 Å². The summed E-state index contributed by atoms with van der Waals surface area (Å²) in [5.41, 5.74) is 5.92. The topological polar surface area (TPSA) is 75.4 Å². The first kappa shape index (κ1) is 20.2. The Morgan fingerprint density at radius 2 is 2.00 bits per heavy atom. The summed E-state index contributed by atoms with van der Waals surface area (Å²) in [6.07, 6.45) is 6.53. The summed E-state index contributed by atoms with van der Waals surface area (Å²) in [5.74, 6) is 0.358. The van der Waals surface area contributed by atoms with Crippen LogP contribution in [0.2, 0.25) is 0 Å². The Morgan fingerprint density at radius 1 is 1.26 bits per heavy atom. The highest BCUT2D eigenvalue weighted by molar-refractivity contribution is 5.85. The monoisotopic (exact) mass is 345 g/mol. The summed E-state index contributed by atoms with van der Waals surface area (Å²) in [7, 11) is 0. The van der Waals surface area contributed by atoms with Crippen LogP contribution in [0.5, 0.6) is 0 Å². The lowest BCUT2D eigenvalue weighted by Gasteiger charge is -2.34. The first-order valence-corrected chi connectivity index (χ1v) is 8.86. The van der Waals surface area contributed by atoms with Crippen molar-refractivity contribution < 1.29 is 9.59 Å². The van der Waals surface area contributed by atoms with Gasteiger partial charge in [0.1, 0.15) is 0 Å². The highest BCUT2D eigenvalue weighted by atomic mass is 35.5. The molecule has 5 nitrogen and oxygen atoms in total. The van der Waals surface area contributed by atoms with Crippen LogP contribution in [-0.2, 0) is 9.59 Å². The molecule has 1 saturated carbocycles. The Morgan fingerprint density at radius 3 is 2.61 bits per heavy atom. The summed E-state index contributed by atoms with van der Waals surface area (Å²) in [4.78, 5) is 26.8. The molecule has 6 heteroatoms. The molecule has 2 amide bonds. The van der Waals surface area contributed by atoms with Crippen molar-refractivity contribution in [1.82, 2.24) is 10.2 Å². The molecule has 1 aliphatic heterocycles. The summed E-state index contributed by atoms with van der Waals surface area (Å²) >= 11 is 0. The molecule has 2 rings (SSSR count). The number of nitrogens with two attached hydrogens (primary N) is 1. The molecule has 0 aromatic carbocycles. The molecule has 23 heavy (non-hydrogen) atoms. The first-order valence-electron chi connectivity index (χ1n) is 8.86. The number of carbonyl (C=O) groups excluding carboxylic acids is 2. The van der Waals surface area contributed by atoms with E-state index in [1.54, 1.807) is 0 Å². The number of carbonyl (C=O) groups is 2. The van der Waals surface area contributed by atoms with Crippen molar-refractivity contribution in [2.75, 3.05) is 13.1 Å². The fraction of sp³-hybridized carbons (Fsp3) is 0.882. The fourth-order valence-electron chi connectivity index (χ4n) is 3.76. The van der Waals surface area contributed by atoms with E-state index in [-0.39, 0.29) is 48.1 Å². The number of hydrogen-bond donors (Lipinski definition) is 2. The van der Waals surface area contributed by atoms with Crippen molar-refractivity contribution >= 4 is 24.2 Å². The minimum Gasteiger partial charge on any atom is -0.353 e. The maximum absolute atomic E-state index is 12.6. The van der Waals surface area contributed by atoms with E-state index in [2.05, 4.69) is 12.2 Å². The van der Waals surface area contributed by atoms with Gasteiger partial charge in [0.2, 0.25) is 11.8 Å². The third kappa shape index (κ3) is 5.64. The van der Waals surface area contributed by atoms with Gasteiger partial charge in [-0.1, -0.05) is 13.3 Å². The lowest BCUT2D eigenvalue weighted by Crippen LogP contribution is -2.48. The van der Waals surface area contributed by atoms with Gasteiger partial charge in [0, 0.05) is 31.1 Å². The number of piperidine rings is 1. The molecule has 1 saturated heterocycles. The van der Waals surface area contributed by atoms with E-state index >= 15 is 0 Å². The third-order valence-corrected chi connectivity index (χ3v) is 5.04. The second kappa shape index (κ2) is 9.48. The van der Waals surface area contributed by atoms with Crippen molar-refractivity contribution in [1.29, 1.82) is 0 Å². The Labute approximate surface area is 146 Å². The molecule has 0 bridgehead atoms. The minimum absolute atomic E-state index is 0. The van der Waals surface area contributed by atoms with Gasteiger partial charge < -0.3 is 16.0 Å². The van der Waals surface area contributed by atoms with Gasteiger partial charge in [-0.25, -0.2) is 0 Å². The van der Waals surface area contributed by atoms with E-state index in [0.29, 0.717) is 6.54 Å². The van der Waals surface area contributed by atoms with Gasteiger partial charge in [0.15, 0.2) is 0 Å². The van der Waals surface area contributed by atoms with Crippen LogP contribution in [0.25, 0.3) is 0 Å². The van der Waals surface area contributed by atoms with Crippen LogP contribution in [0.3, 0.4) is 0 Å². The summed E-state index contributed by atoms with van der Waals surface area (Å²) in [5, 5.41) is 3.09. The second-order valence-corrected chi connectivity index (χ2v) is 7.09. The van der Waals surface area contributed by atoms with Crippen LogP contribution in [-0.4, -0.2) is 41.9 Å². The highest BCUT2D eigenvalue weighted by Gasteiger charge is 2.34. The van der Waals surface area contributed by atoms with Crippen LogP contribution in [0, 0.1) is 11.8 Å². The smallest absolute Gasteiger partial charge is 0.225 e. The molecule has 134 valence electrons. The molecular formula is C17H32ClN3O2. The molecule has 1 aliphatic carbocycles. The predicted molar refractivity (Wildman–Crippen MR) is 94.4 cm³/mol. The first-order chi connectivity index (χ1) is 10.5. The number of hydrogen-bond acceptors (Lipinski definition) is 3. The second-order valence-electron chi connectivity index (χ2n) is 7.09. The zero-order valence-electron chi connectivity index (χ0n) is 14.4. The molecule has 2 aliphatic rings. The van der Waals surface area contributed by atoms with E-state index in [4.69, 9.17) is 5.73 Å². The number of rotatable bonds is 5. The maximum Gasteiger partial charge on any atom is 0.225 e. The van der Waals surface area contributed by atoms with Crippen LogP contribution in [0.1, 0.15) is 58.8 Å². The quantitative estimate of drug-likeness (QED) is 0.801. The van der Waals surface area contributed by atoms with Crippen LogP contribution < -0.4 is 11.1 Å². The molecule has 0 spiro atoms. The van der Waals surface area contributed by atoms with E-state index in [1.807, 2.05) is 11.8 Å². The standard InChI is InChI=1S/C17H31N3O2.ClH/c1-3-5-12(2)19-16(21)14-6-4-9-20(11-14)17(22)13-7-8-15(18)10-13;/h12-15H,3-11,18H2,1-2H3,(H,19,21);1H. The van der Waals surface area contributed by atoms with Gasteiger partial charge in [0.25, 0.3) is 0 Å².